The summed E-state index contributed by atoms with van der Waals surface area (Å²) in [4.78, 5) is 23.1. The van der Waals surface area contributed by atoms with Crippen LogP contribution < -0.4 is 16.0 Å². The van der Waals surface area contributed by atoms with Gasteiger partial charge in [0.25, 0.3) is 5.56 Å². The van der Waals surface area contributed by atoms with E-state index >= 15 is 0 Å². The van der Waals surface area contributed by atoms with Crippen LogP contribution in [-0.4, -0.2) is 10.7 Å². The Bertz CT molecular complexity index is 799. The fourth-order valence-electron chi connectivity index (χ4n) is 2.88. The second-order valence-corrected chi connectivity index (χ2v) is 6.09. The molecular formula is C18H19FN2O3. The Morgan fingerprint density at radius 1 is 1.33 bits per heavy atom. The molecule has 0 aliphatic heterocycles. The quantitative estimate of drug-likeness (QED) is 0.883. The molecule has 1 saturated carbocycles. The van der Waals surface area contributed by atoms with Gasteiger partial charge in [-0.3, -0.25) is 4.79 Å². The molecular weight excluding hydrogens is 311 g/mol. The smallest absolute Gasteiger partial charge is 0.407 e. The van der Waals surface area contributed by atoms with E-state index in [4.69, 9.17) is 10.5 Å². The number of nitrogens with zero attached hydrogens (tertiary/aromatic N) is 1. The first-order valence-corrected chi connectivity index (χ1v) is 7.98. The molecule has 3 rings (SSSR count). The third-order valence-electron chi connectivity index (χ3n) is 4.28. The minimum absolute atomic E-state index is 0.125. The van der Waals surface area contributed by atoms with Crippen molar-refractivity contribution in [3.63, 3.8) is 0 Å². The van der Waals surface area contributed by atoms with Crippen molar-refractivity contribution in [1.82, 2.24) is 4.57 Å². The first-order chi connectivity index (χ1) is 11.5. The maximum absolute atomic E-state index is 13.8. The molecule has 1 unspecified atom stereocenters. The number of hydrogen-bond acceptors (Lipinski definition) is 3. The Morgan fingerprint density at radius 3 is 2.79 bits per heavy atom. The highest BCUT2D eigenvalue weighted by molar-refractivity contribution is 5.68. The van der Waals surface area contributed by atoms with E-state index in [9.17, 15) is 14.0 Å². The van der Waals surface area contributed by atoms with Gasteiger partial charge in [-0.15, -0.1) is 0 Å². The third kappa shape index (κ3) is 3.82. The summed E-state index contributed by atoms with van der Waals surface area (Å²) in [5, 5.41) is 0. The highest BCUT2D eigenvalue weighted by atomic mass is 19.1. The molecule has 2 aromatic rings. The Hall–Kier alpha value is -2.63. The van der Waals surface area contributed by atoms with Crippen LogP contribution in [0, 0.1) is 11.7 Å². The fourth-order valence-corrected chi connectivity index (χ4v) is 2.88. The van der Waals surface area contributed by atoms with Crippen molar-refractivity contribution in [1.29, 1.82) is 0 Å². The van der Waals surface area contributed by atoms with Gasteiger partial charge in [0.15, 0.2) is 11.6 Å². The zero-order valence-corrected chi connectivity index (χ0v) is 13.2. The Kier molecular flexibility index (Phi) is 4.64. The summed E-state index contributed by atoms with van der Waals surface area (Å²) in [6.07, 6.45) is 4.84. The summed E-state index contributed by atoms with van der Waals surface area (Å²) in [5.41, 5.74) is 5.56. The number of aromatic nitrogens is 1. The maximum atomic E-state index is 13.8. The van der Waals surface area contributed by atoms with E-state index in [0.717, 1.165) is 12.8 Å². The predicted octanol–water partition coefficient (Wildman–Crippen LogP) is 3.22. The predicted molar refractivity (Wildman–Crippen MR) is 87.4 cm³/mol. The molecule has 0 saturated heterocycles. The van der Waals surface area contributed by atoms with Crippen molar-refractivity contribution < 1.29 is 13.9 Å². The minimum Gasteiger partial charge on any atom is -0.407 e. The Morgan fingerprint density at radius 2 is 2.12 bits per heavy atom. The lowest BCUT2D eigenvalue weighted by atomic mass is 9.99. The Balaban J connectivity index is 1.96. The molecule has 1 amide bonds. The molecule has 5 nitrogen and oxygen atoms in total. The molecule has 0 bridgehead atoms. The number of carbonyl (C=O) groups excluding carboxylic acids is 1. The first-order valence-electron chi connectivity index (χ1n) is 7.98. The van der Waals surface area contributed by atoms with E-state index in [1.165, 1.54) is 31.0 Å². The summed E-state index contributed by atoms with van der Waals surface area (Å²) >= 11 is 0. The average molecular weight is 330 g/mol. The maximum Gasteiger partial charge on any atom is 0.410 e. The normalized spacial score (nSPS) is 15.0. The van der Waals surface area contributed by atoms with E-state index in [-0.39, 0.29) is 17.4 Å². The van der Waals surface area contributed by atoms with Gasteiger partial charge in [0.05, 0.1) is 6.04 Å². The lowest BCUT2D eigenvalue weighted by Gasteiger charge is -2.21. The third-order valence-corrected chi connectivity index (χ3v) is 4.28. The van der Waals surface area contributed by atoms with E-state index < -0.39 is 11.9 Å². The van der Waals surface area contributed by atoms with Gasteiger partial charge in [-0.1, -0.05) is 25.0 Å². The summed E-state index contributed by atoms with van der Waals surface area (Å²) in [6, 6.07) is 9.01. The summed E-state index contributed by atoms with van der Waals surface area (Å²) in [5.74, 6) is -0.187. The second kappa shape index (κ2) is 6.86. The summed E-state index contributed by atoms with van der Waals surface area (Å²) < 4.78 is 20.1. The zero-order chi connectivity index (χ0) is 17.1. The van der Waals surface area contributed by atoms with Crippen molar-refractivity contribution in [2.75, 3.05) is 0 Å². The molecule has 0 radical (unpaired) electrons. The monoisotopic (exact) mass is 330 g/mol. The van der Waals surface area contributed by atoms with Crippen molar-refractivity contribution in [3.05, 3.63) is 64.3 Å². The number of pyridine rings is 1. The molecule has 1 aliphatic carbocycles. The summed E-state index contributed by atoms with van der Waals surface area (Å²) in [6.45, 7) is 0. The molecule has 2 N–H and O–H groups in total. The molecule has 24 heavy (non-hydrogen) atoms. The molecule has 1 atom stereocenters. The molecule has 1 aliphatic rings. The summed E-state index contributed by atoms with van der Waals surface area (Å²) in [7, 11) is 0. The average Bonchev–Trinajstić information content (AvgIpc) is 3.36. The van der Waals surface area contributed by atoms with Crippen LogP contribution >= 0.6 is 0 Å². The second-order valence-electron chi connectivity index (χ2n) is 6.09. The zero-order valence-electron chi connectivity index (χ0n) is 13.2. The molecule has 6 heteroatoms. The minimum atomic E-state index is -1.07. The molecule has 1 heterocycles. The van der Waals surface area contributed by atoms with E-state index in [2.05, 4.69) is 0 Å². The number of primary amides is 1. The topological polar surface area (TPSA) is 74.3 Å². The number of rotatable bonds is 6. The van der Waals surface area contributed by atoms with Gasteiger partial charge in [-0.05, 0) is 42.5 Å². The van der Waals surface area contributed by atoms with Crippen molar-refractivity contribution in [2.45, 2.75) is 31.7 Å². The SMILES string of the molecule is NC(=O)Oc1cc(C(CCC2CC2)n2ccccc2=O)ccc1F. The number of amides is 1. The van der Waals surface area contributed by atoms with Crippen molar-refractivity contribution in [2.24, 2.45) is 11.7 Å². The molecule has 0 spiro atoms. The molecule has 1 fully saturated rings. The lowest BCUT2D eigenvalue weighted by molar-refractivity contribution is 0.208. The van der Waals surface area contributed by atoms with Crippen LogP contribution in [0.5, 0.6) is 5.75 Å². The number of ether oxygens (including phenoxy) is 1. The molecule has 1 aromatic carbocycles. The van der Waals surface area contributed by atoms with Crippen LogP contribution in [0.15, 0.2) is 47.4 Å². The van der Waals surface area contributed by atoms with Crippen LogP contribution in [0.2, 0.25) is 0 Å². The van der Waals surface area contributed by atoms with Crippen LogP contribution in [0.3, 0.4) is 0 Å². The molecule has 1 aromatic heterocycles. The van der Waals surface area contributed by atoms with E-state index in [0.29, 0.717) is 11.5 Å². The fraction of sp³-hybridized carbons (Fsp3) is 0.333. The van der Waals surface area contributed by atoms with Gasteiger partial charge in [0.2, 0.25) is 0 Å². The van der Waals surface area contributed by atoms with Gasteiger partial charge in [-0.2, -0.15) is 0 Å². The number of nitrogens with two attached hydrogens (primary N) is 1. The van der Waals surface area contributed by atoms with Crippen LogP contribution in [0.25, 0.3) is 0 Å². The van der Waals surface area contributed by atoms with Crippen molar-refractivity contribution in [3.8, 4) is 5.75 Å². The van der Waals surface area contributed by atoms with Crippen LogP contribution in [-0.2, 0) is 0 Å². The number of benzene rings is 1. The number of carbonyl (C=O) groups is 1. The first kappa shape index (κ1) is 16.2. The number of halogens is 1. The van der Waals surface area contributed by atoms with Gasteiger partial charge in [0, 0.05) is 12.3 Å². The Labute approximate surface area is 138 Å². The van der Waals surface area contributed by atoms with Crippen LogP contribution in [0.4, 0.5) is 9.18 Å². The largest absolute Gasteiger partial charge is 0.410 e. The lowest BCUT2D eigenvalue weighted by Crippen LogP contribution is -2.24. The van der Waals surface area contributed by atoms with Gasteiger partial charge in [0.1, 0.15) is 0 Å². The highest BCUT2D eigenvalue weighted by Crippen LogP contribution is 2.37. The van der Waals surface area contributed by atoms with Gasteiger partial charge in [-0.25, -0.2) is 9.18 Å². The van der Waals surface area contributed by atoms with E-state index in [1.54, 1.807) is 29.0 Å². The molecule has 126 valence electrons. The van der Waals surface area contributed by atoms with E-state index in [1.807, 2.05) is 0 Å². The van der Waals surface area contributed by atoms with Gasteiger partial charge < -0.3 is 15.0 Å². The van der Waals surface area contributed by atoms with Gasteiger partial charge >= 0.3 is 6.09 Å². The standard InChI is InChI=1S/C18H19FN2O3/c19-14-8-7-13(11-16(14)24-18(20)23)15(9-6-12-4-5-12)21-10-2-1-3-17(21)22/h1-3,7-8,10-12,15H,4-6,9H2,(H2,20,23). The number of hydrogen-bond donors (Lipinski definition) is 1. The van der Waals surface area contributed by atoms with Crippen molar-refractivity contribution >= 4 is 6.09 Å². The van der Waals surface area contributed by atoms with Crippen LogP contribution in [0.1, 0.15) is 37.3 Å². The highest BCUT2D eigenvalue weighted by Gasteiger charge is 2.25.